The molecule has 1 fully saturated rings. The SMILES string of the molecule is COc1cc(CN2CCCC(N)C2)ccn1. The van der Waals surface area contributed by atoms with E-state index in [0.717, 1.165) is 26.1 Å². The van der Waals surface area contributed by atoms with Crippen LogP contribution in [0.15, 0.2) is 18.3 Å². The lowest BCUT2D eigenvalue weighted by molar-refractivity contribution is 0.201. The molecule has 4 nitrogen and oxygen atoms in total. The topological polar surface area (TPSA) is 51.4 Å². The molecule has 1 saturated heterocycles. The van der Waals surface area contributed by atoms with Crippen LogP contribution in [0.4, 0.5) is 0 Å². The number of methoxy groups -OCH3 is 1. The van der Waals surface area contributed by atoms with E-state index in [1.807, 2.05) is 12.1 Å². The molecule has 1 unspecified atom stereocenters. The van der Waals surface area contributed by atoms with Gasteiger partial charge in [0.05, 0.1) is 7.11 Å². The van der Waals surface area contributed by atoms with Crippen LogP contribution in [0.3, 0.4) is 0 Å². The molecular formula is C12H19N3O. The molecule has 0 bridgehead atoms. The molecule has 1 aromatic heterocycles. The Kier molecular flexibility index (Phi) is 3.74. The van der Waals surface area contributed by atoms with Crippen LogP contribution in [0.5, 0.6) is 5.88 Å². The fraction of sp³-hybridized carbons (Fsp3) is 0.583. The molecule has 0 radical (unpaired) electrons. The average molecular weight is 221 g/mol. The van der Waals surface area contributed by atoms with Crippen molar-refractivity contribution in [2.45, 2.75) is 25.4 Å². The first-order valence-electron chi connectivity index (χ1n) is 5.75. The molecule has 0 amide bonds. The van der Waals surface area contributed by atoms with Gasteiger partial charge in [-0.2, -0.15) is 0 Å². The van der Waals surface area contributed by atoms with Gasteiger partial charge in [0.25, 0.3) is 0 Å². The maximum Gasteiger partial charge on any atom is 0.213 e. The van der Waals surface area contributed by atoms with E-state index in [1.54, 1.807) is 13.3 Å². The number of nitrogens with two attached hydrogens (primary N) is 1. The van der Waals surface area contributed by atoms with Gasteiger partial charge in [0.2, 0.25) is 5.88 Å². The number of pyridine rings is 1. The molecule has 4 heteroatoms. The minimum atomic E-state index is 0.331. The largest absolute Gasteiger partial charge is 0.481 e. The van der Waals surface area contributed by atoms with Gasteiger partial charge < -0.3 is 10.5 Å². The fourth-order valence-electron chi connectivity index (χ4n) is 2.15. The smallest absolute Gasteiger partial charge is 0.213 e. The van der Waals surface area contributed by atoms with E-state index in [1.165, 1.54) is 12.0 Å². The van der Waals surface area contributed by atoms with Crippen molar-refractivity contribution in [2.75, 3.05) is 20.2 Å². The summed E-state index contributed by atoms with van der Waals surface area (Å²) in [5, 5.41) is 0. The van der Waals surface area contributed by atoms with Crippen molar-refractivity contribution in [3.05, 3.63) is 23.9 Å². The Morgan fingerprint density at radius 2 is 2.50 bits per heavy atom. The molecule has 0 aliphatic carbocycles. The summed E-state index contributed by atoms with van der Waals surface area (Å²) in [5.74, 6) is 0.679. The molecule has 1 aliphatic heterocycles. The highest BCUT2D eigenvalue weighted by Crippen LogP contribution is 2.14. The highest BCUT2D eigenvalue weighted by Gasteiger charge is 2.16. The predicted molar refractivity (Wildman–Crippen MR) is 63.3 cm³/mol. The second kappa shape index (κ2) is 5.27. The zero-order valence-corrected chi connectivity index (χ0v) is 9.72. The van der Waals surface area contributed by atoms with Crippen LogP contribution in [-0.4, -0.2) is 36.1 Å². The van der Waals surface area contributed by atoms with Crippen LogP contribution in [0, 0.1) is 0 Å². The lowest BCUT2D eigenvalue weighted by atomic mass is 10.1. The van der Waals surface area contributed by atoms with Crippen LogP contribution in [0.2, 0.25) is 0 Å². The lowest BCUT2D eigenvalue weighted by Crippen LogP contribution is -2.42. The minimum absolute atomic E-state index is 0.331. The number of ether oxygens (including phenoxy) is 1. The fourth-order valence-corrected chi connectivity index (χ4v) is 2.15. The quantitative estimate of drug-likeness (QED) is 0.827. The van der Waals surface area contributed by atoms with Gasteiger partial charge in [-0.1, -0.05) is 0 Å². The van der Waals surface area contributed by atoms with Crippen molar-refractivity contribution in [2.24, 2.45) is 5.73 Å². The molecule has 2 rings (SSSR count). The number of aromatic nitrogens is 1. The summed E-state index contributed by atoms with van der Waals surface area (Å²) >= 11 is 0. The molecule has 16 heavy (non-hydrogen) atoms. The molecular weight excluding hydrogens is 202 g/mol. The Morgan fingerprint density at radius 1 is 1.62 bits per heavy atom. The molecule has 1 aromatic rings. The van der Waals surface area contributed by atoms with E-state index in [-0.39, 0.29) is 0 Å². The normalized spacial score (nSPS) is 22.0. The van der Waals surface area contributed by atoms with E-state index in [0.29, 0.717) is 11.9 Å². The van der Waals surface area contributed by atoms with Gasteiger partial charge in [-0.05, 0) is 31.0 Å². The summed E-state index contributed by atoms with van der Waals surface area (Å²) in [6.45, 7) is 3.07. The molecule has 1 atom stereocenters. The first-order chi connectivity index (χ1) is 7.78. The van der Waals surface area contributed by atoms with E-state index in [9.17, 15) is 0 Å². The predicted octanol–water partition coefficient (Wildman–Crippen LogP) is 1.01. The zero-order valence-electron chi connectivity index (χ0n) is 9.72. The lowest BCUT2D eigenvalue weighted by Gasteiger charge is -2.30. The Morgan fingerprint density at radius 3 is 3.25 bits per heavy atom. The molecule has 88 valence electrons. The maximum absolute atomic E-state index is 5.96. The summed E-state index contributed by atoms with van der Waals surface area (Å²) < 4.78 is 5.11. The van der Waals surface area contributed by atoms with Crippen LogP contribution in [0.25, 0.3) is 0 Å². The van der Waals surface area contributed by atoms with Crippen LogP contribution in [-0.2, 0) is 6.54 Å². The first-order valence-corrected chi connectivity index (χ1v) is 5.75. The van der Waals surface area contributed by atoms with Crippen molar-refractivity contribution in [1.82, 2.24) is 9.88 Å². The monoisotopic (exact) mass is 221 g/mol. The number of rotatable bonds is 3. The van der Waals surface area contributed by atoms with Gasteiger partial charge in [0.1, 0.15) is 0 Å². The van der Waals surface area contributed by atoms with Crippen molar-refractivity contribution in [3.8, 4) is 5.88 Å². The summed E-state index contributed by atoms with van der Waals surface area (Å²) in [6, 6.07) is 4.35. The minimum Gasteiger partial charge on any atom is -0.481 e. The van der Waals surface area contributed by atoms with Gasteiger partial charge in [-0.25, -0.2) is 4.98 Å². The van der Waals surface area contributed by atoms with Gasteiger partial charge in [-0.15, -0.1) is 0 Å². The maximum atomic E-state index is 5.96. The summed E-state index contributed by atoms with van der Waals surface area (Å²) in [7, 11) is 1.64. The molecule has 0 saturated carbocycles. The molecule has 0 spiro atoms. The number of nitrogens with zero attached hydrogens (tertiary/aromatic N) is 2. The second-order valence-electron chi connectivity index (χ2n) is 4.34. The third-order valence-corrected chi connectivity index (χ3v) is 2.96. The van der Waals surface area contributed by atoms with E-state index in [4.69, 9.17) is 10.5 Å². The third kappa shape index (κ3) is 2.93. The number of piperidine rings is 1. The van der Waals surface area contributed by atoms with Gasteiger partial charge in [0, 0.05) is 31.4 Å². The Balaban J connectivity index is 1.97. The molecule has 2 N–H and O–H groups in total. The van der Waals surface area contributed by atoms with Crippen LogP contribution < -0.4 is 10.5 Å². The Labute approximate surface area is 96.4 Å². The number of hydrogen-bond acceptors (Lipinski definition) is 4. The van der Waals surface area contributed by atoms with Gasteiger partial charge in [-0.3, -0.25) is 4.90 Å². The van der Waals surface area contributed by atoms with E-state index < -0.39 is 0 Å². The van der Waals surface area contributed by atoms with E-state index >= 15 is 0 Å². The molecule has 1 aliphatic rings. The van der Waals surface area contributed by atoms with E-state index in [2.05, 4.69) is 9.88 Å². The molecule has 2 heterocycles. The second-order valence-corrected chi connectivity index (χ2v) is 4.34. The van der Waals surface area contributed by atoms with Gasteiger partial charge >= 0.3 is 0 Å². The summed E-state index contributed by atoms with van der Waals surface area (Å²) in [4.78, 5) is 6.49. The highest BCUT2D eigenvalue weighted by atomic mass is 16.5. The highest BCUT2D eigenvalue weighted by molar-refractivity contribution is 5.20. The Hall–Kier alpha value is -1.13. The Bertz CT molecular complexity index is 343. The molecule has 0 aromatic carbocycles. The number of hydrogen-bond donors (Lipinski definition) is 1. The summed E-state index contributed by atoms with van der Waals surface area (Å²) in [6.07, 6.45) is 4.14. The van der Waals surface area contributed by atoms with Crippen molar-refractivity contribution in [1.29, 1.82) is 0 Å². The standard InChI is InChI=1S/C12H19N3O/c1-16-12-7-10(4-5-14-12)8-15-6-2-3-11(13)9-15/h4-5,7,11H,2-3,6,8-9,13H2,1H3. The average Bonchev–Trinajstić information content (AvgIpc) is 2.29. The van der Waals surface area contributed by atoms with Gasteiger partial charge in [0.15, 0.2) is 0 Å². The van der Waals surface area contributed by atoms with Crippen molar-refractivity contribution in [3.63, 3.8) is 0 Å². The van der Waals surface area contributed by atoms with Crippen LogP contribution >= 0.6 is 0 Å². The number of likely N-dealkylation sites (tertiary alicyclic amines) is 1. The van der Waals surface area contributed by atoms with Crippen molar-refractivity contribution >= 4 is 0 Å². The summed E-state index contributed by atoms with van der Waals surface area (Å²) in [5.41, 5.74) is 7.19. The van der Waals surface area contributed by atoms with Crippen molar-refractivity contribution < 1.29 is 4.74 Å². The van der Waals surface area contributed by atoms with Crippen LogP contribution in [0.1, 0.15) is 18.4 Å². The third-order valence-electron chi connectivity index (χ3n) is 2.96. The first kappa shape index (κ1) is 11.4. The zero-order chi connectivity index (χ0) is 11.4.